The van der Waals surface area contributed by atoms with Crippen LogP contribution in [0, 0.1) is 11.3 Å². The predicted molar refractivity (Wildman–Crippen MR) is 90.4 cm³/mol. The van der Waals surface area contributed by atoms with Gasteiger partial charge in [0, 0.05) is 6.04 Å². The molecule has 0 radical (unpaired) electrons. The Morgan fingerprint density at radius 3 is 2.19 bits per heavy atom. The first-order valence-electron chi connectivity index (χ1n) is 8.40. The first kappa shape index (κ1) is 20.4. The highest BCUT2D eigenvalue weighted by Gasteiger charge is 2.43. The van der Waals surface area contributed by atoms with Gasteiger partial charge in [0.05, 0.1) is 5.41 Å². The highest BCUT2D eigenvalue weighted by molar-refractivity contribution is 5.77. The number of piperidine rings is 1. The van der Waals surface area contributed by atoms with Crippen LogP contribution in [0.3, 0.4) is 0 Å². The molecule has 126 valence electrons. The molecule has 1 heterocycles. The molecular formula is C18H37NO2. The normalized spacial score (nSPS) is 27.0. The Morgan fingerprint density at radius 1 is 1.33 bits per heavy atom. The largest absolute Gasteiger partial charge is 0.460 e. The lowest BCUT2D eigenvalue weighted by Gasteiger charge is -2.44. The molecule has 21 heavy (non-hydrogen) atoms. The van der Waals surface area contributed by atoms with Crippen molar-refractivity contribution in [2.45, 2.75) is 86.3 Å². The standard InChI is InChI=1S/C15H29NO2.C3H8/c1-11(2)12-10-15(6,8-9-16(12)7)13(17)18-14(3,4)5;1-3-2/h11-12H,8-10H2,1-7H3;3H2,1-2H3/t12-,15+;/m1./s1. The van der Waals surface area contributed by atoms with Gasteiger partial charge in [-0.1, -0.05) is 34.1 Å². The van der Waals surface area contributed by atoms with Crippen LogP contribution in [0.5, 0.6) is 0 Å². The molecule has 3 heteroatoms. The second kappa shape index (κ2) is 8.17. The highest BCUT2D eigenvalue weighted by Crippen LogP contribution is 2.38. The number of hydrogen-bond donors (Lipinski definition) is 0. The fraction of sp³-hybridized carbons (Fsp3) is 0.944. The van der Waals surface area contributed by atoms with E-state index in [1.54, 1.807) is 0 Å². The van der Waals surface area contributed by atoms with Crippen LogP contribution in [0.1, 0.15) is 74.7 Å². The maximum Gasteiger partial charge on any atom is 0.312 e. The van der Waals surface area contributed by atoms with Gasteiger partial charge < -0.3 is 9.64 Å². The third-order valence-corrected chi connectivity index (χ3v) is 3.90. The zero-order valence-electron chi connectivity index (χ0n) is 15.7. The molecule has 0 saturated carbocycles. The average molecular weight is 299 g/mol. The first-order chi connectivity index (χ1) is 9.46. The van der Waals surface area contributed by atoms with Gasteiger partial charge in [-0.3, -0.25) is 4.79 Å². The second-order valence-electron chi connectivity index (χ2n) is 8.02. The summed E-state index contributed by atoms with van der Waals surface area (Å²) in [5.74, 6) is 0.533. The van der Waals surface area contributed by atoms with Crippen LogP contribution in [0.4, 0.5) is 0 Å². The molecule has 0 N–H and O–H groups in total. The van der Waals surface area contributed by atoms with Crippen molar-refractivity contribution in [2.75, 3.05) is 13.6 Å². The van der Waals surface area contributed by atoms with Gasteiger partial charge >= 0.3 is 5.97 Å². The van der Waals surface area contributed by atoms with E-state index in [0.29, 0.717) is 12.0 Å². The molecule has 0 aromatic rings. The van der Waals surface area contributed by atoms with Gasteiger partial charge in [-0.25, -0.2) is 0 Å². The molecule has 0 spiro atoms. The monoisotopic (exact) mass is 299 g/mol. The fourth-order valence-corrected chi connectivity index (χ4v) is 2.64. The lowest BCUT2D eigenvalue weighted by Crippen LogP contribution is -2.50. The van der Waals surface area contributed by atoms with E-state index in [1.807, 2.05) is 20.8 Å². The first-order valence-corrected chi connectivity index (χ1v) is 8.40. The van der Waals surface area contributed by atoms with Crippen molar-refractivity contribution in [3.63, 3.8) is 0 Å². The molecule has 0 amide bonds. The van der Waals surface area contributed by atoms with Crippen molar-refractivity contribution >= 4 is 5.97 Å². The molecule has 3 nitrogen and oxygen atoms in total. The van der Waals surface area contributed by atoms with Crippen LogP contribution >= 0.6 is 0 Å². The van der Waals surface area contributed by atoms with E-state index in [2.05, 4.69) is 46.6 Å². The van der Waals surface area contributed by atoms with E-state index in [1.165, 1.54) is 6.42 Å². The van der Waals surface area contributed by atoms with Crippen molar-refractivity contribution in [1.82, 2.24) is 4.90 Å². The van der Waals surface area contributed by atoms with Crippen molar-refractivity contribution < 1.29 is 9.53 Å². The maximum absolute atomic E-state index is 12.4. The zero-order chi connectivity index (χ0) is 16.8. The van der Waals surface area contributed by atoms with Crippen LogP contribution in [0.25, 0.3) is 0 Å². The van der Waals surface area contributed by atoms with Crippen LogP contribution in [0.15, 0.2) is 0 Å². The van der Waals surface area contributed by atoms with Crippen molar-refractivity contribution in [3.8, 4) is 0 Å². The zero-order valence-corrected chi connectivity index (χ0v) is 15.7. The van der Waals surface area contributed by atoms with E-state index < -0.39 is 5.60 Å². The molecule has 0 aromatic heterocycles. The molecule has 1 aliphatic rings. The molecular weight excluding hydrogens is 262 g/mol. The van der Waals surface area contributed by atoms with Crippen LogP contribution < -0.4 is 0 Å². The highest BCUT2D eigenvalue weighted by atomic mass is 16.6. The third-order valence-electron chi connectivity index (χ3n) is 3.90. The molecule has 2 atom stereocenters. The summed E-state index contributed by atoms with van der Waals surface area (Å²) in [5, 5.41) is 0. The Kier molecular flexibility index (Phi) is 7.94. The van der Waals surface area contributed by atoms with E-state index in [0.717, 1.165) is 19.4 Å². The number of rotatable bonds is 2. The summed E-state index contributed by atoms with van der Waals surface area (Å²) in [7, 11) is 2.15. The SMILES string of the molecule is CC(C)[C@H]1C[C@@](C)(C(=O)OC(C)(C)C)CCN1C.CCC. The van der Waals surface area contributed by atoms with E-state index in [-0.39, 0.29) is 11.4 Å². The van der Waals surface area contributed by atoms with E-state index in [4.69, 9.17) is 4.74 Å². The number of esters is 1. The molecule has 1 aliphatic heterocycles. The Morgan fingerprint density at radius 2 is 1.81 bits per heavy atom. The topological polar surface area (TPSA) is 29.5 Å². The van der Waals surface area contributed by atoms with Crippen molar-refractivity contribution in [3.05, 3.63) is 0 Å². The van der Waals surface area contributed by atoms with Crippen LogP contribution in [-0.2, 0) is 9.53 Å². The summed E-state index contributed by atoms with van der Waals surface area (Å²) in [4.78, 5) is 14.7. The number of carbonyl (C=O) groups excluding carboxylic acids is 1. The number of carbonyl (C=O) groups is 1. The summed E-state index contributed by atoms with van der Waals surface area (Å²) in [6.45, 7) is 17.5. The molecule has 0 aromatic carbocycles. The van der Waals surface area contributed by atoms with Gasteiger partial charge in [0.1, 0.15) is 5.60 Å². The van der Waals surface area contributed by atoms with Crippen LogP contribution in [-0.4, -0.2) is 36.1 Å². The Balaban J connectivity index is 0.00000122. The second-order valence-corrected chi connectivity index (χ2v) is 8.02. The number of hydrogen-bond acceptors (Lipinski definition) is 3. The van der Waals surface area contributed by atoms with Gasteiger partial charge in [-0.05, 0) is 60.0 Å². The Hall–Kier alpha value is -0.570. The molecule has 1 rings (SSSR count). The fourth-order valence-electron chi connectivity index (χ4n) is 2.64. The van der Waals surface area contributed by atoms with E-state index >= 15 is 0 Å². The minimum Gasteiger partial charge on any atom is -0.460 e. The smallest absolute Gasteiger partial charge is 0.312 e. The van der Waals surface area contributed by atoms with Crippen LogP contribution in [0.2, 0.25) is 0 Å². The summed E-state index contributed by atoms with van der Waals surface area (Å²) < 4.78 is 5.59. The lowest BCUT2D eigenvalue weighted by atomic mass is 9.74. The maximum atomic E-state index is 12.4. The van der Waals surface area contributed by atoms with Gasteiger partial charge in [0.25, 0.3) is 0 Å². The quantitative estimate of drug-likeness (QED) is 0.703. The molecule has 1 fully saturated rings. The Labute approximate surface area is 132 Å². The third kappa shape index (κ3) is 6.82. The minimum atomic E-state index is -0.392. The number of nitrogens with zero attached hydrogens (tertiary/aromatic N) is 1. The molecule has 1 saturated heterocycles. The average Bonchev–Trinajstić information content (AvgIpc) is 2.31. The van der Waals surface area contributed by atoms with Gasteiger partial charge in [0.15, 0.2) is 0 Å². The molecule has 0 aliphatic carbocycles. The summed E-state index contributed by atoms with van der Waals surface area (Å²) in [5.41, 5.74) is -0.717. The summed E-state index contributed by atoms with van der Waals surface area (Å²) in [6.07, 6.45) is 3.04. The minimum absolute atomic E-state index is 0.0336. The van der Waals surface area contributed by atoms with Gasteiger partial charge in [0.2, 0.25) is 0 Å². The molecule has 0 bridgehead atoms. The summed E-state index contributed by atoms with van der Waals surface area (Å²) >= 11 is 0. The summed E-state index contributed by atoms with van der Waals surface area (Å²) in [6, 6.07) is 0.469. The van der Waals surface area contributed by atoms with Crippen molar-refractivity contribution in [1.29, 1.82) is 0 Å². The lowest BCUT2D eigenvalue weighted by molar-refractivity contribution is -0.171. The Bertz CT molecular complexity index is 320. The predicted octanol–water partition coefficient (Wildman–Crippen LogP) is 4.50. The van der Waals surface area contributed by atoms with Crippen molar-refractivity contribution in [2.24, 2.45) is 11.3 Å². The van der Waals surface area contributed by atoms with Gasteiger partial charge in [-0.15, -0.1) is 0 Å². The number of ether oxygens (including phenoxy) is 1. The van der Waals surface area contributed by atoms with E-state index in [9.17, 15) is 4.79 Å². The van der Waals surface area contributed by atoms with Gasteiger partial charge in [-0.2, -0.15) is 0 Å². The number of likely N-dealkylation sites (tertiary alicyclic amines) is 1. The molecule has 0 unspecified atom stereocenters.